The molecule has 0 unspecified atom stereocenters. The quantitative estimate of drug-likeness (QED) is 0.126. The number of esters is 1. The van der Waals surface area contributed by atoms with Crippen LogP contribution in [0.25, 0.3) is 0 Å². The summed E-state index contributed by atoms with van der Waals surface area (Å²) in [5.41, 5.74) is 3.98. The van der Waals surface area contributed by atoms with E-state index in [0.717, 1.165) is 31.7 Å². The van der Waals surface area contributed by atoms with Gasteiger partial charge in [0.15, 0.2) is 0 Å². The van der Waals surface area contributed by atoms with Crippen molar-refractivity contribution >= 4 is 17.6 Å². The van der Waals surface area contributed by atoms with Gasteiger partial charge in [0, 0.05) is 38.2 Å². The van der Waals surface area contributed by atoms with E-state index in [1.165, 1.54) is 11.1 Å². The summed E-state index contributed by atoms with van der Waals surface area (Å²) in [7, 11) is 0. The van der Waals surface area contributed by atoms with Gasteiger partial charge in [-0.15, -0.1) is 0 Å². The van der Waals surface area contributed by atoms with Crippen LogP contribution in [0.5, 0.6) is 5.75 Å². The van der Waals surface area contributed by atoms with Crippen LogP contribution in [-0.2, 0) is 19.2 Å². The smallest absolute Gasteiger partial charge is 0.347 e. The Morgan fingerprint density at radius 1 is 0.878 bits per heavy atom. The lowest BCUT2D eigenvalue weighted by atomic mass is 9.96. The van der Waals surface area contributed by atoms with Gasteiger partial charge in [-0.05, 0) is 43.5 Å². The van der Waals surface area contributed by atoms with Crippen molar-refractivity contribution in [1.82, 2.24) is 9.80 Å². The fraction of sp³-hybridized carbons (Fsp3) is 0.364. The zero-order valence-corrected chi connectivity index (χ0v) is 23.9. The van der Waals surface area contributed by atoms with Crippen LogP contribution in [0.4, 0.5) is 0 Å². The van der Waals surface area contributed by atoms with E-state index in [2.05, 4.69) is 58.6 Å². The standard InChI is InChI=1S/C33H39N3O5/c1-3-39-32(38)25-41-34-26(2)29-16-10-17-30(24-29)40-23-11-18-31(37)35-19-21-36(22-20-35)33(27-12-6-4-7-13-27)28-14-8-5-9-15-28/h4-10,12-17,24,33H,3,11,18-23,25H2,1-2H3. The monoisotopic (exact) mass is 557 g/mol. The molecule has 0 aliphatic carbocycles. The molecule has 1 heterocycles. The molecule has 0 bridgehead atoms. The number of carbonyl (C=O) groups is 2. The summed E-state index contributed by atoms with van der Waals surface area (Å²) in [5, 5.41) is 3.99. The lowest BCUT2D eigenvalue weighted by molar-refractivity contribution is -0.148. The number of nitrogens with zero attached hydrogens (tertiary/aromatic N) is 3. The molecule has 1 saturated heterocycles. The number of ether oxygens (including phenoxy) is 2. The van der Waals surface area contributed by atoms with Crippen molar-refractivity contribution in [3.8, 4) is 5.75 Å². The molecule has 4 rings (SSSR count). The SMILES string of the molecule is CCOC(=O)CON=C(C)c1cccc(OCCCC(=O)N2CCN(C(c3ccccc3)c3ccccc3)CC2)c1. The summed E-state index contributed by atoms with van der Waals surface area (Å²) in [5.74, 6) is 0.400. The van der Waals surface area contributed by atoms with Crippen LogP contribution in [0.15, 0.2) is 90.1 Å². The molecule has 216 valence electrons. The number of amides is 1. The van der Waals surface area contributed by atoms with E-state index in [1.54, 1.807) is 13.8 Å². The average Bonchev–Trinajstić information content (AvgIpc) is 3.01. The molecule has 1 aliphatic rings. The zero-order chi connectivity index (χ0) is 28.9. The molecule has 1 aliphatic heterocycles. The van der Waals surface area contributed by atoms with Gasteiger partial charge in [0.2, 0.25) is 12.5 Å². The Bertz CT molecular complexity index is 1230. The number of benzene rings is 3. The molecule has 3 aromatic rings. The minimum atomic E-state index is -0.457. The molecule has 41 heavy (non-hydrogen) atoms. The Labute approximate surface area is 242 Å². The van der Waals surface area contributed by atoms with Crippen molar-refractivity contribution in [2.75, 3.05) is 46.0 Å². The first-order valence-electron chi connectivity index (χ1n) is 14.2. The zero-order valence-electron chi connectivity index (χ0n) is 23.9. The van der Waals surface area contributed by atoms with Crippen LogP contribution in [-0.4, -0.2) is 73.4 Å². The van der Waals surface area contributed by atoms with Gasteiger partial charge in [0.1, 0.15) is 5.75 Å². The summed E-state index contributed by atoms with van der Waals surface area (Å²) in [6.07, 6.45) is 1.08. The molecule has 8 heteroatoms. The van der Waals surface area contributed by atoms with Crippen molar-refractivity contribution in [1.29, 1.82) is 0 Å². The number of piperazine rings is 1. The van der Waals surface area contributed by atoms with Crippen molar-refractivity contribution in [2.45, 2.75) is 32.7 Å². The number of hydrogen-bond acceptors (Lipinski definition) is 7. The predicted molar refractivity (Wildman–Crippen MR) is 159 cm³/mol. The first-order chi connectivity index (χ1) is 20.0. The van der Waals surface area contributed by atoms with E-state index in [4.69, 9.17) is 14.3 Å². The highest BCUT2D eigenvalue weighted by molar-refractivity contribution is 5.98. The average molecular weight is 558 g/mol. The Balaban J connectivity index is 1.22. The molecule has 0 N–H and O–H groups in total. The van der Waals surface area contributed by atoms with Crippen LogP contribution in [0.3, 0.4) is 0 Å². The Morgan fingerprint density at radius 3 is 2.17 bits per heavy atom. The maximum absolute atomic E-state index is 12.9. The fourth-order valence-corrected chi connectivity index (χ4v) is 4.93. The first kappa shape index (κ1) is 29.8. The van der Waals surface area contributed by atoms with Gasteiger partial charge in [-0.1, -0.05) is 78.0 Å². The third-order valence-electron chi connectivity index (χ3n) is 7.01. The first-order valence-corrected chi connectivity index (χ1v) is 14.2. The maximum atomic E-state index is 12.9. The van der Waals surface area contributed by atoms with Gasteiger partial charge in [0.05, 0.1) is 25.0 Å². The molecule has 0 radical (unpaired) electrons. The van der Waals surface area contributed by atoms with Gasteiger partial charge in [-0.2, -0.15) is 0 Å². The largest absolute Gasteiger partial charge is 0.494 e. The predicted octanol–water partition coefficient (Wildman–Crippen LogP) is 5.08. The minimum absolute atomic E-state index is 0.166. The van der Waals surface area contributed by atoms with Crippen molar-refractivity contribution in [2.24, 2.45) is 5.16 Å². The molecule has 3 aromatic carbocycles. The second-order valence-corrected chi connectivity index (χ2v) is 9.88. The lowest BCUT2D eigenvalue weighted by Gasteiger charge is -2.40. The molecular formula is C33H39N3O5. The highest BCUT2D eigenvalue weighted by Gasteiger charge is 2.27. The molecular weight excluding hydrogens is 518 g/mol. The second kappa shape index (κ2) is 15.6. The van der Waals surface area contributed by atoms with E-state index in [9.17, 15) is 9.59 Å². The molecule has 1 amide bonds. The summed E-state index contributed by atoms with van der Waals surface area (Å²) in [6.45, 7) is 7.13. The highest BCUT2D eigenvalue weighted by atomic mass is 16.7. The normalized spacial score (nSPS) is 14.1. The van der Waals surface area contributed by atoms with Crippen molar-refractivity contribution < 1.29 is 23.9 Å². The van der Waals surface area contributed by atoms with E-state index in [-0.39, 0.29) is 18.6 Å². The number of carbonyl (C=O) groups excluding carboxylic acids is 2. The van der Waals surface area contributed by atoms with Crippen LogP contribution in [0.1, 0.15) is 49.4 Å². The lowest BCUT2D eigenvalue weighted by Crippen LogP contribution is -2.49. The Hall–Kier alpha value is -4.17. The van der Waals surface area contributed by atoms with E-state index < -0.39 is 5.97 Å². The third kappa shape index (κ3) is 8.91. The number of oxime groups is 1. The molecule has 1 fully saturated rings. The van der Waals surface area contributed by atoms with Crippen molar-refractivity contribution in [3.63, 3.8) is 0 Å². The van der Waals surface area contributed by atoms with Crippen LogP contribution in [0, 0.1) is 0 Å². The number of rotatable bonds is 13. The van der Waals surface area contributed by atoms with Crippen LogP contribution in [0.2, 0.25) is 0 Å². The van der Waals surface area contributed by atoms with Crippen LogP contribution < -0.4 is 4.74 Å². The topological polar surface area (TPSA) is 80.7 Å². The van der Waals surface area contributed by atoms with Gasteiger partial charge in [-0.3, -0.25) is 9.69 Å². The second-order valence-electron chi connectivity index (χ2n) is 9.88. The highest BCUT2D eigenvalue weighted by Crippen LogP contribution is 2.29. The fourth-order valence-electron chi connectivity index (χ4n) is 4.93. The summed E-state index contributed by atoms with van der Waals surface area (Å²) in [4.78, 5) is 33.9. The number of hydrogen-bond donors (Lipinski definition) is 0. The minimum Gasteiger partial charge on any atom is -0.494 e. The van der Waals surface area contributed by atoms with Gasteiger partial charge >= 0.3 is 5.97 Å². The Kier molecular flexibility index (Phi) is 11.3. The van der Waals surface area contributed by atoms with Crippen LogP contribution >= 0.6 is 0 Å². The molecule has 0 aromatic heterocycles. The molecule has 0 atom stereocenters. The Morgan fingerprint density at radius 2 is 1.54 bits per heavy atom. The maximum Gasteiger partial charge on any atom is 0.347 e. The van der Waals surface area contributed by atoms with Crippen molar-refractivity contribution in [3.05, 3.63) is 102 Å². The molecule has 0 spiro atoms. The van der Waals surface area contributed by atoms with Gasteiger partial charge in [-0.25, -0.2) is 4.79 Å². The van der Waals surface area contributed by atoms with Gasteiger partial charge in [0.25, 0.3) is 0 Å². The molecule has 0 saturated carbocycles. The third-order valence-corrected chi connectivity index (χ3v) is 7.01. The molecule has 8 nitrogen and oxygen atoms in total. The summed E-state index contributed by atoms with van der Waals surface area (Å²) >= 11 is 0. The van der Waals surface area contributed by atoms with E-state index in [0.29, 0.717) is 37.5 Å². The summed E-state index contributed by atoms with van der Waals surface area (Å²) < 4.78 is 10.7. The van der Waals surface area contributed by atoms with E-state index in [1.807, 2.05) is 41.3 Å². The summed E-state index contributed by atoms with van der Waals surface area (Å²) in [6, 6.07) is 28.8. The van der Waals surface area contributed by atoms with Gasteiger partial charge < -0.3 is 19.2 Å². The van der Waals surface area contributed by atoms with E-state index >= 15 is 0 Å².